The molecule has 0 amide bonds. The highest BCUT2D eigenvalue weighted by Crippen LogP contribution is 2.20. The predicted molar refractivity (Wildman–Crippen MR) is 72.5 cm³/mol. The Bertz CT molecular complexity index is 345. The summed E-state index contributed by atoms with van der Waals surface area (Å²) < 4.78 is 7.72. The molecule has 0 saturated carbocycles. The number of ether oxygens (including phenoxy) is 1. The monoisotopic (exact) mass is 251 g/mol. The van der Waals surface area contributed by atoms with E-state index in [0.29, 0.717) is 12.0 Å². The maximum atomic E-state index is 5.61. The number of nitrogens with zero attached hydrogens (tertiary/aromatic N) is 2. The van der Waals surface area contributed by atoms with Crippen LogP contribution >= 0.6 is 0 Å². The lowest BCUT2D eigenvalue weighted by molar-refractivity contribution is 0.0381. The van der Waals surface area contributed by atoms with Gasteiger partial charge in [0.15, 0.2) is 0 Å². The predicted octanol–water partition coefficient (Wildman–Crippen LogP) is 1.76. The number of hydrogen-bond donors (Lipinski definition) is 1. The Kier molecular flexibility index (Phi) is 5.20. The van der Waals surface area contributed by atoms with Crippen molar-refractivity contribution in [1.29, 1.82) is 0 Å². The lowest BCUT2D eigenvalue weighted by Crippen LogP contribution is -2.40. The van der Waals surface area contributed by atoms with Gasteiger partial charge >= 0.3 is 0 Å². The zero-order valence-corrected chi connectivity index (χ0v) is 11.6. The van der Waals surface area contributed by atoms with Crippen LogP contribution in [-0.2, 0) is 18.2 Å². The fraction of sp³-hybridized carbons (Fsp3) is 0.786. The van der Waals surface area contributed by atoms with E-state index < -0.39 is 0 Å². The van der Waals surface area contributed by atoms with Crippen molar-refractivity contribution in [3.05, 3.63) is 18.2 Å². The number of hydrogen-bond acceptors (Lipinski definition) is 3. The maximum absolute atomic E-state index is 5.61. The molecule has 2 unspecified atom stereocenters. The van der Waals surface area contributed by atoms with Crippen LogP contribution in [0.4, 0.5) is 0 Å². The molecule has 4 nitrogen and oxygen atoms in total. The molecule has 1 aliphatic heterocycles. The van der Waals surface area contributed by atoms with Gasteiger partial charge < -0.3 is 14.6 Å². The van der Waals surface area contributed by atoms with Gasteiger partial charge in [-0.25, -0.2) is 4.98 Å². The normalized spacial score (nSPS) is 22.0. The fourth-order valence-corrected chi connectivity index (χ4v) is 2.77. The molecule has 1 fully saturated rings. The van der Waals surface area contributed by atoms with Gasteiger partial charge in [0.05, 0.1) is 6.61 Å². The molecule has 1 aliphatic rings. The van der Waals surface area contributed by atoms with Gasteiger partial charge in [-0.2, -0.15) is 0 Å². The number of imidazole rings is 1. The molecule has 1 N–H and O–H groups in total. The summed E-state index contributed by atoms with van der Waals surface area (Å²) in [5.74, 6) is 1.84. The van der Waals surface area contributed by atoms with Crippen LogP contribution in [0.5, 0.6) is 0 Å². The van der Waals surface area contributed by atoms with E-state index in [1.54, 1.807) is 0 Å². The van der Waals surface area contributed by atoms with Crippen molar-refractivity contribution >= 4 is 0 Å². The smallest absolute Gasteiger partial charge is 0.108 e. The molecule has 0 radical (unpaired) electrons. The lowest BCUT2D eigenvalue weighted by Gasteiger charge is -2.30. The summed E-state index contributed by atoms with van der Waals surface area (Å²) in [5.41, 5.74) is 0. The highest BCUT2D eigenvalue weighted by atomic mass is 16.5. The number of aromatic nitrogens is 2. The first-order valence-electron chi connectivity index (χ1n) is 7.08. The minimum atomic E-state index is 0.562. The molecule has 1 saturated heterocycles. The Hall–Kier alpha value is -0.870. The molecule has 4 heteroatoms. The van der Waals surface area contributed by atoms with Gasteiger partial charge in [-0.3, -0.25) is 0 Å². The first kappa shape index (κ1) is 13.6. The summed E-state index contributed by atoms with van der Waals surface area (Å²) in [7, 11) is 2.06. The van der Waals surface area contributed by atoms with Crippen molar-refractivity contribution < 1.29 is 4.74 Å². The van der Waals surface area contributed by atoms with Gasteiger partial charge in [0.25, 0.3) is 0 Å². The Morgan fingerprint density at radius 1 is 1.61 bits per heavy atom. The first-order valence-corrected chi connectivity index (χ1v) is 7.08. The van der Waals surface area contributed by atoms with Crippen molar-refractivity contribution in [1.82, 2.24) is 14.9 Å². The number of aryl methyl sites for hydroxylation is 2. The molecule has 0 spiro atoms. The highest BCUT2D eigenvalue weighted by molar-refractivity contribution is 4.93. The molecule has 2 rings (SSSR count). The van der Waals surface area contributed by atoms with Gasteiger partial charge in [-0.05, 0) is 31.7 Å². The molecule has 0 aliphatic carbocycles. The molecule has 18 heavy (non-hydrogen) atoms. The average Bonchev–Trinajstić information content (AvgIpc) is 2.81. The van der Waals surface area contributed by atoms with Crippen molar-refractivity contribution in [2.75, 3.05) is 19.8 Å². The quantitative estimate of drug-likeness (QED) is 0.837. The fourth-order valence-electron chi connectivity index (χ4n) is 2.77. The van der Waals surface area contributed by atoms with Crippen LogP contribution in [0.15, 0.2) is 12.4 Å². The van der Waals surface area contributed by atoms with E-state index in [0.717, 1.165) is 32.6 Å². The summed E-state index contributed by atoms with van der Waals surface area (Å²) in [6, 6.07) is 0.562. The first-order chi connectivity index (χ1) is 8.81. The topological polar surface area (TPSA) is 39.1 Å². The summed E-state index contributed by atoms with van der Waals surface area (Å²) in [5, 5.41) is 3.62. The summed E-state index contributed by atoms with van der Waals surface area (Å²) in [6.07, 6.45) is 8.57. The summed E-state index contributed by atoms with van der Waals surface area (Å²) in [4.78, 5) is 4.40. The summed E-state index contributed by atoms with van der Waals surface area (Å²) in [6.45, 7) is 5.06. The van der Waals surface area contributed by atoms with Crippen molar-refractivity contribution in [3.63, 3.8) is 0 Å². The second-order valence-corrected chi connectivity index (χ2v) is 5.13. The highest BCUT2D eigenvalue weighted by Gasteiger charge is 2.23. The zero-order chi connectivity index (χ0) is 12.8. The molecule has 2 atom stereocenters. The number of nitrogens with one attached hydrogen (secondary N) is 1. The Labute approximate surface area is 110 Å². The molecule has 1 aromatic heterocycles. The third-order valence-corrected chi connectivity index (χ3v) is 3.83. The van der Waals surface area contributed by atoms with Crippen LogP contribution in [0, 0.1) is 5.92 Å². The van der Waals surface area contributed by atoms with Crippen molar-refractivity contribution in [2.24, 2.45) is 13.0 Å². The standard InChI is InChI=1S/C14H25N3O/c1-3-15-13(12-5-4-10-18-11-12)6-7-14-16-8-9-17(14)2/h8-9,12-13,15H,3-7,10-11H2,1-2H3. The molecule has 0 bridgehead atoms. The van der Waals surface area contributed by atoms with E-state index in [4.69, 9.17) is 4.74 Å². The van der Waals surface area contributed by atoms with Crippen LogP contribution in [0.3, 0.4) is 0 Å². The molecular formula is C14H25N3O. The molecular weight excluding hydrogens is 226 g/mol. The van der Waals surface area contributed by atoms with Gasteiger partial charge in [0, 0.05) is 38.5 Å². The van der Waals surface area contributed by atoms with E-state index in [2.05, 4.69) is 28.8 Å². The molecule has 1 aromatic rings. The van der Waals surface area contributed by atoms with E-state index in [1.807, 2.05) is 12.4 Å². The second-order valence-electron chi connectivity index (χ2n) is 5.13. The minimum Gasteiger partial charge on any atom is -0.381 e. The largest absolute Gasteiger partial charge is 0.381 e. The van der Waals surface area contributed by atoms with Crippen molar-refractivity contribution in [3.8, 4) is 0 Å². The Balaban J connectivity index is 1.87. The third kappa shape index (κ3) is 3.56. The van der Waals surface area contributed by atoms with Crippen molar-refractivity contribution in [2.45, 2.75) is 38.6 Å². The van der Waals surface area contributed by atoms with E-state index in [9.17, 15) is 0 Å². The van der Waals surface area contributed by atoms with E-state index >= 15 is 0 Å². The van der Waals surface area contributed by atoms with Crippen LogP contribution in [0.2, 0.25) is 0 Å². The third-order valence-electron chi connectivity index (χ3n) is 3.83. The van der Waals surface area contributed by atoms with E-state index in [-0.39, 0.29) is 0 Å². The van der Waals surface area contributed by atoms with E-state index in [1.165, 1.54) is 18.7 Å². The van der Waals surface area contributed by atoms with Gasteiger partial charge in [0.2, 0.25) is 0 Å². The average molecular weight is 251 g/mol. The Morgan fingerprint density at radius 2 is 2.50 bits per heavy atom. The number of rotatable bonds is 6. The van der Waals surface area contributed by atoms with Gasteiger partial charge in [-0.15, -0.1) is 0 Å². The molecule has 2 heterocycles. The van der Waals surface area contributed by atoms with Crippen LogP contribution < -0.4 is 5.32 Å². The van der Waals surface area contributed by atoms with Crippen LogP contribution in [0.25, 0.3) is 0 Å². The molecule has 102 valence electrons. The zero-order valence-electron chi connectivity index (χ0n) is 11.6. The van der Waals surface area contributed by atoms with Crippen LogP contribution in [-0.4, -0.2) is 35.4 Å². The SMILES string of the molecule is CCNC(CCc1nccn1C)C1CCCOC1. The lowest BCUT2D eigenvalue weighted by atomic mass is 9.90. The summed E-state index contributed by atoms with van der Waals surface area (Å²) >= 11 is 0. The second kappa shape index (κ2) is 6.90. The maximum Gasteiger partial charge on any atom is 0.108 e. The Morgan fingerprint density at radius 3 is 3.11 bits per heavy atom. The minimum absolute atomic E-state index is 0.562. The molecule has 0 aromatic carbocycles. The van der Waals surface area contributed by atoms with Gasteiger partial charge in [-0.1, -0.05) is 6.92 Å². The van der Waals surface area contributed by atoms with Crippen LogP contribution in [0.1, 0.15) is 32.0 Å². The van der Waals surface area contributed by atoms with Gasteiger partial charge in [0.1, 0.15) is 5.82 Å².